The molecule has 0 aliphatic carbocycles. The van der Waals surface area contributed by atoms with Gasteiger partial charge < -0.3 is 5.32 Å². The molecular weight excluding hydrogens is 301 g/mol. The summed E-state index contributed by atoms with van der Waals surface area (Å²) in [6.45, 7) is 12.1. The van der Waals surface area contributed by atoms with Crippen LogP contribution in [0.4, 0.5) is 0 Å². The molecule has 0 spiro atoms. The second kappa shape index (κ2) is 7.85. The van der Waals surface area contributed by atoms with Crippen LogP contribution in [0.3, 0.4) is 0 Å². The van der Waals surface area contributed by atoms with Gasteiger partial charge in [-0.3, -0.25) is 0 Å². The van der Waals surface area contributed by atoms with Crippen LogP contribution >= 0.6 is 23.2 Å². The molecule has 0 saturated carbocycles. The predicted molar refractivity (Wildman–Crippen MR) is 95.7 cm³/mol. The van der Waals surface area contributed by atoms with Gasteiger partial charge in [0.1, 0.15) is 0 Å². The van der Waals surface area contributed by atoms with Crippen molar-refractivity contribution in [3.05, 3.63) is 33.8 Å². The quantitative estimate of drug-likeness (QED) is 0.626. The minimum Gasteiger partial charge on any atom is -0.311 e. The number of nitrogens with one attached hydrogen (secondary N) is 1. The fraction of sp³-hybridized carbons (Fsp3) is 0.667. The summed E-state index contributed by atoms with van der Waals surface area (Å²) in [4.78, 5) is 0. The topological polar surface area (TPSA) is 12.0 Å². The van der Waals surface area contributed by atoms with Crippen molar-refractivity contribution in [2.24, 2.45) is 0 Å². The fourth-order valence-corrected chi connectivity index (χ4v) is 3.21. The van der Waals surface area contributed by atoms with Crippen LogP contribution in [0.2, 0.25) is 10.0 Å². The summed E-state index contributed by atoms with van der Waals surface area (Å²) in [5.41, 5.74) is 1.55. The van der Waals surface area contributed by atoms with Crippen molar-refractivity contribution in [3.63, 3.8) is 0 Å². The highest BCUT2D eigenvalue weighted by molar-refractivity contribution is 6.42. The van der Waals surface area contributed by atoms with Gasteiger partial charge in [-0.25, -0.2) is 0 Å². The fourth-order valence-electron chi connectivity index (χ4n) is 2.91. The summed E-state index contributed by atoms with van der Waals surface area (Å²) in [6, 6.07) is 6.12. The molecule has 120 valence electrons. The summed E-state index contributed by atoms with van der Waals surface area (Å²) in [7, 11) is 0. The minimum absolute atomic E-state index is 0.114. The zero-order valence-electron chi connectivity index (χ0n) is 14.0. The number of hydrogen-bond acceptors (Lipinski definition) is 1. The van der Waals surface area contributed by atoms with Crippen LogP contribution in [0.15, 0.2) is 18.2 Å². The normalized spacial score (nSPS) is 12.7. The molecule has 1 nitrogen and oxygen atoms in total. The zero-order valence-corrected chi connectivity index (χ0v) is 15.5. The summed E-state index contributed by atoms with van der Waals surface area (Å²) in [5.74, 6) is 0. The highest BCUT2D eigenvalue weighted by atomic mass is 35.5. The summed E-state index contributed by atoms with van der Waals surface area (Å²) in [5, 5.41) is 4.97. The standard InChI is InChI=1S/C18H29Cl2N/c1-6-10-18(11-7-2,13-21-17(3,4)5)14-8-9-15(19)16(20)12-14/h8-9,12,21H,6-7,10-11,13H2,1-5H3. The first-order valence-electron chi connectivity index (χ1n) is 7.94. The van der Waals surface area contributed by atoms with Crippen LogP contribution in [0, 0.1) is 0 Å². The smallest absolute Gasteiger partial charge is 0.0595 e. The van der Waals surface area contributed by atoms with Crippen molar-refractivity contribution in [3.8, 4) is 0 Å². The lowest BCUT2D eigenvalue weighted by molar-refractivity contribution is 0.292. The van der Waals surface area contributed by atoms with Crippen LogP contribution < -0.4 is 5.32 Å². The second-order valence-corrected chi connectivity index (χ2v) is 7.83. The van der Waals surface area contributed by atoms with E-state index in [0.717, 1.165) is 32.2 Å². The largest absolute Gasteiger partial charge is 0.311 e. The van der Waals surface area contributed by atoms with E-state index in [2.05, 4.69) is 52.1 Å². The molecule has 3 heteroatoms. The first-order valence-corrected chi connectivity index (χ1v) is 8.70. The monoisotopic (exact) mass is 329 g/mol. The van der Waals surface area contributed by atoms with Gasteiger partial charge in [-0.15, -0.1) is 0 Å². The summed E-state index contributed by atoms with van der Waals surface area (Å²) in [6.07, 6.45) is 4.63. The van der Waals surface area contributed by atoms with E-state index in [9.17, 15) is 0 Å². The number of rotatable bonds is 7. The maximum absolute atomic E-state index is 6.26. The van der Waals surface area contributed by atoms with Gasteiger partial charge in [0.15, 0.2) is 0 Å². The van der Waals surface area contributed by atoms with Crippen molar-refractivity contribution in [2.45, 2.75) is 71.3 Å². The third-order valence-corrected chi connectivity index (χ3v) is 4.69. The Bertz CT molecular complexity index is 443. The number of halogens is 2. The molecule has 1 rings (SSSR count). The third-order valence-electron chi connectivity index (χ3n) is 3.95. The predicted octanol–water partition coefficient (Wildman–Crippen LogP) is 6.22. The van der Waals surface area contributed by atoms with Crippen LogP contribution in [0.1, 0.15) is 65.9 Å². The molecule has 1 aromatic carbocycles. The maximum Gasteiger partial charge on any atom is 0.0595 e. The van der Waals surface area contributed by atoms with Crippen LogP contribution in [0.5, 0.6) is 0 Å². The van der Waals surface area contributed by atoms with Gasteiger partial charge >= 0.3 is 0 Å². The van der Waals surface area contributed by atoms with Gasteiger partial charge in [0.2, 0.25) is 0 Å². The Morgan fingerprint density at radius 3 is 1.95 bits per heavy atom. The molecule has 0 amide bonds. The maximum atomic E-state index is 6.26. The molecular formula is C18H29Cl2N. The van der Waals surface area contributed by atoms with Crippen LogP contribution in [0.25, 0.3) is 0 Å². The SMILES string of the molecule is CCCC(CCC)(CNC(C)(C)C)c1ccc(Cl)c(Cl)c1. The van der Waals surface area contributed by atoms with Gasteiger partial charge in [0, 0.05) is 17.5 Å². The van der Waals surface area contributed by atoms with Gasteiger partial charge in [-0.2, -0.15) is 0 Å². The molecule has 0 bridgehead atoms. The van der Waals surface area contributed by atoms with E-state index >= 15 is 0 Å². The van der Waals surface area contributed by atoms with Gasteiger partial charge in [-0.05, 0) is 51.3 Å². The Morgan fingerprint density at radius 1 is 0.952 bits per heavy atom. The molecule has 0 aliphatic rings. The van der Waals surface area contributed by atoms with Crippen molar-refractivity contribution in [2.75, 3.05) is 6.54 Å². The molecule has 1 N–H and O–H groups in total. The first-order chi connectivity index (χ1) is 9.74. The third kappa shape index (κ3) is 5.47. The van der Waals surface area contributed by atoms with Crippen molar-refractivity contribution < 1.29 is 0 Å². The van der Waals surface area contributed by atoms with E-state index < -0.39 is 0 Å². The number of hydrogen-bond donors (Lipinski definition) is 1. The van der Waals surface area contributed by atoms with Gasteiger partial charge in [-0.1, -0.05) is 56.0 Å². The molecule has 1 aromatic rings. The second-order valence-electron chi connectivity index (χ2n) is 7.01. The van der Waals surface area contributed by atoms with E-state index in [0.29, 0.717) is 10.0 Å². The lowest BCUT2D eigenvalue weighted by Crippen LogP contribution is -2.46. The van der Waals surface area contributed by atoms with Crippen LogP contribution in [-0.4, -0.2) is 12.1 Å². The lowest BCUT2D eigenvalue weighted by atomic mass is 9.73. The molecule has 0 aliphatic heterocycles. The molecule has 0 radical (unpaired) electrons. The van der Waals surface area contributed by atoms with E-state index in [1.54, 1.807) is 0 Å². The van der Waals surface area contributed by atoms with Crippen molar-refractivity contribution in [1.82, 2.24) is 5.32 Å². The molecule has 0 aromatic heterocycles. The Hall–Kier alpha value is -0.240. The Labute approximate surface area is 140 Å². The Morgan fingerprint density at radius 2 is 1.52 bits per heavy atom. The Balaban J connectivity index is 3.16. The summed E-state index contributed by atoms with van der Waals surface area (Å²) < 4.78 is 0. The molecule has 21 heavy (non-hydrogen) atoms. The highest BCUT2D eigenvalue weighted by Crippen LogP contribution is 2.37. The molecule has 0 unspecified atom stereocenters. The Kier molecular flexibility index (Phi) is 7.03. The number of benzene rings is 1. The average Bonchev–Trinajstić information content (AvgIpc) is 2.39. The molecule has 0 fully saturated rings. The van der Waals surface area contributed by atoms with Gasteiger partial charge in [0.25, 0.3) is 0 Å². The molecule has 0 atom stereocenters. The van der Waals surface area contributed by atoms with E-state index in [4.69, 9.17) is 23.2 Å². The first kappa shape index (κ1) is 18.8. The zero-order chi connectivity index (χ0) is 16.1. The minimum atomic E-state index is 0.114. The van der Waals surface area contributed by atoms with E-state index in [1.165, 1.54) is 5.56 Å². The highest BCUT2D eigenvalue weighted by Gasteiger charge is 2.32. The van der Waals surface area contributed by atoms with Crippen molar-refractivity contribution >= 4 is 23.2 Å². The lowest BCUT2D eigenvalue weighted by Gasteiger charge is -2.37. The average molecular weight is 330 g/mol. The summed E-state index contributed by atoms with van der Waals surface area (Å²) >= 11 is 12.3. The van der Waals surface area contributed by atoms with E-state index in [1.807, 2.05) is 6.07 Å². The van der Waals surface area contributed by atoms with Crippen molar-refractivity contribution in [1.29, 1.82) is 0 Å². The van der Waals surface area contributed by atoms with Gasteiger partial charge in [0.05, 0.1) is 10.0 Å². The molecule has 0 saturated heterocycles. The molecule has 0 heterocycles. The van der Waals surface area contributed by atoms with Crippen LogP contribution in [-0.2, 0) is 5.41 Å². The van der Waals surface area contributed by atoms with E-state index in [-0.39, 0.29) is 11.0 Å².